The van der Waals surface area contributed by atoms with Crippen molar-refractivity contribution in [3.8, 4) is 0 Å². The van der Waals surface area contributed by atoms with Crippen LogP contribution in [0.1, 0.15) is 44.1 Å². The number of rotatable bonds is 6. The van der Waals surface area contributed by atoms with E-state index in [0.29, 0.717) is 5.56 Å². The molecule has 6 rings (SSSR count). The van der Waals surface area contributed by atoms with Gasteiger partial charge in [-0.2, -0.15) is 0 Å². The monoisotopic (exact) mass is 474 g/mol. The summed E-state index contributed by atoms with van der Waals surface area (Å²) in [5, 5.41) is 0. The highest BCUT2D eigenvalue weighted by Crippen LogP contribution is 2.58. The van der Waals surface area contributed by atoms with Crippen LogP contribution in [0.4, 0.5) is 0 Å². The summed E-state index contributed by atoms with van der Waals surface area (Å²) in [5.74, 6) is -0.0462. The van der Waals surface area contributed by atoms with Crippen molar-refractivity contribution >= 4 is 28.6 Å². The Morgan fingerprint density at radius 3 is 1.41 bits per heavy atom. The molecule has 1 nitrogen and oxygen atoms in total. The molecule has 0 heterocycles. The summed E-state index contributed by atoms with van der Waals surface area (Å²) >= 11 is 0. The molecule has 0 aliphatic heterocycles. The number of aldehydes is 1. The van der Waals surface area contributed by atoms with Crippen molar-refractivity contribution in [3.63, 3.8) is 0 Å². The smallest absolute Gasteiger partial charge is 0.150 e. The Kier molecular flexibility index (Phi) is 6.19. The molecule has 1 unspecified atom stereocenters. The van der Waals surface area contributed by atoms with Crippen LogP contribution in [0, 0.1) is 0 Å². The van der Waals surface area contributed by atoms with Gasteiger partial charge in [-0.05, 0) is 50.1 Å². The van der Waals surface area contributed by atoms with E-state index < -0.39 is 0 Å². The van der Waals surface area contributed by atoms with Crippen LogP contribution >= 0.6 is 0 Å². The van der Waals surface area contributed by atoms with Crippen LogP contribution in [-0.2, 0) is 0 Å². The predicted molar refractivity (Wildman–Crippen MR) is 154 cm³/mol. The minimum atomic E-state index is -0.0462. The Morgan fingerprint density at radius 2 is 0.865 bits per heavy atom. The highest BCUT2D eigenvalue weighted by molar-refractivity contribution is 6.30. The molecule has 5 aromatic carbocycles. The van der Waals surface area contributed by atoms with Gasteiger partial charge in [-0.25, -0.2) is 0 Å². The standard InChI is InChI=1S/C36H26O/c37-25-30-23-13-14-24-31(30)36-34(28-19-9-3-10-20-28)32(26-15-5-1-6-16-26)33(27-17-7-2-8-18-27)35(36)29-21-11-4-12-22-29/h1-25,34H. The maximum Gasteiger partial charge on any atom is 0.150 e. The Labute approximate surface area is 218 Å². The average molecular weight is 475 g/mol. The van der Waals surface area contributed by atoms with E-state index in [2.05, 4.69) is 127 Å². The summed E-state index contributed by atoms with van der Waals surface area (Å²) in [6.07, 6.45) is 0.982. The first-order chi connectivity index (χ1) is 18.4. The molecular weight excluding hydrogens is 448 g/mol. The maximum absolute atomic E-state index is 12.3. The van der Waals surface area contributed by atoms with Crippen LogP contribution in [0.15, 0.2) is 146 Å². The van der Waals surface area contributed by atoms with E-state index in [4.69, 9.17) is 0 Å². The minimum Gasteiger partial charge on any atom is -0.298 e. The summed E-state index contributed by atoms with van der Waals surface area (Å²) in [6.45, 7) is 0. The number of hydrogen-bond donors (Lipinski definition) is 0. The van der Waals surface area contributed by atoms with Crippen molar-refractivity contribution in [2.24, 2.45) is 0 Å². The van der Waals surface area contributed by atoms with E-state index in [1.165, 1.54) is 33.4 Å². The molecule has 0 aromatic heterocycles. The molecule has 1 heteroatoms. The van der Waals surface area contributed by atoms with E-state index in [1.54, 1.807) is 0 Å². The summed E-state index contributed by atoms with van der Waals surface area (Å²) in [4.78, 5) is 12.3. The fourth-order valence-corrected chi connectivity index (χ4v) is 5.55. The zero-order valence-corrected chi connectivity index (χ0v) is 20.4. The largest absolute Gasteiger partial charge is 0.298 e. The van der Waals surface area contributed by atoms with Crippen molar-refractivity contribution in [2.45, 2.75) is 5.92 Å². The lowest BCUT2D eigenvalue weighted by atomic mass is 9.80. The van der Waals surface area contributed by atoms with Gasteiger partial charge in [0.05, 0.1) is 0 Å². The van der Waals surface area contributed by atoms with E-state index in [0.717, 1.165) is 23.0 Å². The molecule has 0 amide bonds. The van der Waals surface area contributed by atoms with Crippen molar-refractivity contribution in [1.29, 1.82) is 0 Å². The second kappa shape index (κ2) is 10.1. The van der Waals surface area contributed by atoms with Crippen molar-refractivity contribution in [1.82, 2.24) is 0 Å². The average Bonchev–Trinajstić information content (AvgIpc) is 3.35. The van der Waals surface area contributed by atoms with E-state index in [1.807, 2.05) is 18.2 Å². The molecular formula is C36H26O. The first-order valence-corrected chi connectivity index (χ1v) is 12.6. The zero-order chi connectivity index (χ0) is 25.0. The SMILES string of the molecule is O=Cc1ccccc1C1=C(c2ccccc2)C(c2ccccc2)=C(c2ccccc2)C1c1ccccc1. The first-order valence-electron chi connectivity index (χ1n) is 12.6. The maximum atomic E-state index is 12.3. The summed E-state index contributed by atoms with van der Waals surface area (Å²) in [6, 6.07) is 50.5. The van der Waals surface area contributed by atoms with Crippen LogP contribution in [-0.4, -0.2) is 6.29 Å². The Balaban J connectivity index is 1.80. The third kappa shape index (κ3) is 4.15. The number of benzene rings is 5. The number of carbonyl (C=O) groups excluding carboxylic acids is 1. The molecule has 0 radical (unpaired) electrons. The summed E-state index contributed by atoms with van der Waals surface area (Å²) < 4.78 is 0. The Bertz CT molecular complexity index is 1600. The van der Waals surface area contributed by atoms with Gasteiger partial charge in [0.15, 0.2) is 6.29 Å². The number of allylic oxidation sites excluding steroid dienone is 4. The highest BCUT2D eigenvalue weighted by atomic mass is 16.1. The van der Waals surface area contributed by atoms with Gasteiger partial charge < -0.3 is 0 Å². The topological polar surface area (TPSA) is 17.1 Å². The first kappa shape index (κ1) is 22.7. The second-order valence-electron chi connectivity index (χ2n) is 9.22. The van der Waals surface area contributed by atoms with Gasteiger partial charge in [-0.15, -0.1) is 0 Å². The normalized spacial score (nSPS) is 15.2. The lowest BCUT2D eigenvalue weighted by Crippen LogP contribution is -2.05. The van der Waals surface area contributed by atoms with Crippen molar-refractivity contribution in [3.05, 3.63) is 179 Å². The fourth-order valence-electron chi connectivity index (χ4n) is 5.55. The quantitative estimate of drug-likeness (QED) is 0.225. The molecule has 37 heavy (non-hydrogen) atoms. The molecule has 0 saturated heterocycles. The summed E-state index contributed by atoms with van der Waals surface area (Å²) in [5.41, 5.74) is 11.2. The van der Waals surface area contributed by atoms with Crippen LogP contribution in [0.3, 0.4) is 0 Å². The van der Waals surface area contributed by atoms with E-state index in [9.17, 15) is 4.79 Å². The van der Waals surface area contributed by atoms with Gasteiger partial charge in [-0.3, -0.25) is 4.79 Å². The van der Waals surface area contributed by atoms with Crippen LogP contribution < -0.4 is 0 Å². The lowest BCUT2D eigenvalue weighted by molar-refractivity contribution is 0.112. The minimum absolute atomic E-state index is 0.0462. The molecule has 1 aliphatic rings. The predicted octanol–water partition coefficient (Wildman–Crippen LogP) is 8.82. The molecule has 0 fully saturated rings. The molecule has 1 atom stereocenters. The van der Waals surface area contributed by atoms with Gasteiger partial charge in [0.1, 0.15) is 0 Å². The molecule has 5 aromatic rings. The van der Waals surface area contributed by atoms with Gasteiger partial charge in [-0.1, -0.05) is 146 Å². The zero-order valence-electron chi connectivity index (χ0n) is 20.4. The lowest BCUT2D eigenvalue weighted by Gasteiger charge is -2.22. The van der Waals surface area contributed by atoms with Gasteiger partial charge >= 0.3 is 0 Å². The third-order valence-corrected chi connectivity index (χ3v) is 7.09. The summed E-state index contributed by atoms with van der Waals surface area (Å²) in [7, 11) is 0. The second-order valence-corrected chi connectivity index (χ2v) is 9.22. The van der Waals surface area contributed by atoms with Gasteiger partial charge in [0.25, 0.3) is 0 Å². The van der Waals surface area contributed by atoms with Gasteiger partial charge in [0.2, 0.25) is 0 Å². The molecule has 0 N–H and O–H groups in total. The van der Waals surface area contributed by atoms with Gasteiger partial charge in [0, 0.05) is 11.5 Å². The third-order valence-electron chi connectivity index (χ3n) is 7.09. The molecule has 0 saturated carbocycles. The Morgan fingerprint density at radius 1 is 0.432 bits per heavy atom. The highest BCUT2D eigenvalue weighted by Gasteiger charge is 2.38. The van der Waals surface area contributed by atoms with E-state index in [-0.39, 0.29) is 5.92 Å². The molecule has 1 aliphatic carbocycles. The van der Waals surface area contributed by atoms with Crippen LogP contribution in [0.2, 0.25) is 0 Å². The van der Waals surface area contributed by atoms with E-state index >= 15 is 0 Å². The van der Waals surface area contributed by atoms with Crippen molar-refractivity contribution < 1.29 is 4.79 Å². The fraction of sp³-hybridized carbons (Fsp3) is 0.0278. The van der Waals surface area contributed by atoms with Crippen LogP contribution in [0.25, 0.3) is 22.3 Å². The van der Waals surface area contributed by atoms with Crippen LogP contribution in [0.5, 0.6) is 0 Å². The number of hydrogen-bond acceptors (Lipinski definition) is 1. The molecule has 0 spiro atoms. The number of carbonyl (C=O) groups is 1. The molecule has 176 valence electrons. The van der Waals surface area contributed by atoms with Crippen molar-refractivity contribution in [2.75, 3.05) is 0 Å². The molecule has 0 bridgehead atoms. The Hall–Kier alpha value is -4.75.